The first-order valence-electron chi connectivity index (χ1n) is 10.3. The smallest absolute Gasteiger partial charge is 0.264 e. The molecule has 0 spiro atoms. The van der Waals surface area contributed by atoms with E-state index in [1.165, 1.54) is 22.5 Å². The molecule has 0 bridgehead atoms. The van der Waals surface area contributed by atoms with Crippen molar-refractivity contribution in [2.45, 2.75) is 38.1 Å². The highest BCUT2D eigenvalue weighted by Gasteiger charge is 2.21. The Labute approximate surface area is 184 Å². The maximum absolute atomic E-state index is 12.8. The summed E-state index contributed by atoms with van der Waals surface area (Å²) in [5.74, 6) is -0.190. The molecule has 0 aromatic heterocycles. The molecule has 3 aromatic carbocycles. The lowest BCUT2D eigenvalue weighted by molar-refractivity contribution is 0.0935. The number of aryl methyl sites for hydroxylation is 2. The van der Waals surface area contributed by atoms with Gasteiger partial charge in [-0.3, -0.25) is 9.10 Å². The first-order chi connectivity index (χ1) is 14.7. The number of hydrogen-bond donors (Lipinski definition) is 1. The van der Waals surface area contributed by atoms with Gasteiger partial charge in [-0.05, 0) is 73.4 Å². The molecular weight excluding hydrogens is 408 g/mol. The van der Waals surface area contributed by atoms with Crippen molar-refractivity contribution in [3.63, 3.8) is 0 Å². The van der Waals surface area contributed by atoms with Crippen molar-refractivity contribution in [3.8, 4) is 0 Å². The van der Waals surface area contributed by atoms with E-state index in [0.717, 1.165) is 12.0 Å². The molecule has 5 nitrogen and oxygen atoms in total. The maximum atomic E-state index is 12.8. The van der Waals surface area contributed by atoms with Gasteiger partial charge in [-0.1, -0.05) is 43.3 Å². The van der Waals surface area contributed by atoms with Crippen LogP contribution in [0.3, 0.4) is 0 Å². The second-order valence-electron chi connectivity index (χ2n) is 7.61. The van der Waals surface area contributed by atoms with Gasteiger partial charge < -0.3 is 5.32 Å². The summed E-state index contributed by atoms with van der Waals surface area (Å²) in [6.45, 7) is 6.16. The lowest BCUT2D eigenvalue weighted by Gasteiger charge is -2.21. The molecule has 0 saturated carbocycles. The average molecular weight is 437 g/mol. The van der Waals surface area contributed by atoms with Crippen LogP contribution in [0.1, 0.15) is 46.4 Å². The Hall–Kier alpha value is -3.12. The summed E-state index contributed by atoms with van der Waals surface area (Å²) in [4.78, 5) is 13.0. The molecule has 3 rings (SSSR count). The number of carbonyl (C=O) groups is 1. The fourth-order valence-electron chi connectivity index (χ4n) is 3.36. The van der Waals surface area contributed by atoms with Gasteiger partial charge in [0, 0.05) is 12.6 Å². The van der Waals surface area contributed by atoms with Crippen LogP contribution in [-0.2, 0) is 10.0 Å². The minimum atomic E-state index is -3.66. The molecule has 162 valence electrons. The van der Waals surface area contributed by atoms with Gasteiger partial charge in [-0.2, -0.15) is 0 Å². The van der Waals surface area contributed by atoms with Crippen molar-refractivity contribution < 1.29 is 13.2 Å². The van der Waals surface area contributed by atoms with E-state index in [1.54, 1.807) is 54.6 Å². The van der Waals surface area contributed by atoms with Gasteiger partial charge >= 0.3 is 0 Å². The van der Waals surface area contributed by atoms with Crippen LogP contribution in [0.15, 0.2) is 77.7 Å². The van der Waals surface area contributed by atoms with Crippen LogP contribution in [0, 0.1) is 13.8 Å². The lowest BCUT2D eigenvalue weighted by Crippen LogP contribution is -2.29. The molecule has 0 radical (unpaired) electrons. The van der Waals surface area contributed by atoms with Gasteiger partial charge in [-0.25, -0.2) is 8.42 Å². The zero-order chi connectivity index (χ0) is 22.6. The molecule has 0 aliphatic heterocycles. The Bertz CT molecular complexity index is 1160. The Morgan fingerprint density at radius 3 is 2.16 bits per heavy atom. The zero-order valence-electron chi connectivity index (χ0n) is 18.3. The molecule has 1 unspecified atom stereocenters. The minimum Gasteiger partial charge on any atom is -0.345 e. The van der Waals surface area contributed by atoms with Crippen LogP contribution in [0.2, 0.25) is 0 Å². The summed E-state index contributed by atoms with van der Waals surface area (Å²) < 4.78 is 26.8. The highest BCUT2D eigenvalue weighted by Crippen LogP contribution is 2.23. The number of nitrogens with one attached hydrogen (secondary N) is 1. The molecule has 31 heavy (non-hydrogen) atoms. The third-order valence-electron chi connectivity index (χ3n) is 5.54. The Balaban J connectivity index is 1.76. The molecule has 0 aliphatic carbocycles. The summed E-state index contributed by atoms with van der Waals surface area (Å²) in [5.41, 5.74) is 4.45. The van der Waals surface area contributed by atoms with E-state index >= 15 is 0 Å². The molecule has 6 heteroatoms. The van der Waals surface area contributed by atoms with E-state index in [4.69, 9.17) is 0 Å². The van der Waals surface area contributed by atoms with Gasteiger partial charge in [0.15, 0.2) is 0 Å². The molecular formula is C25H28N2O3S. The first kappa shape index (κ1) is 22.6. The Morgan fingerprint density at radius 2 is 1.58 bits per heavy atom. The largest absolute Gasteiger partial charge is 0.345 e. The number of nitrogens with zero attached hydrogens (tertiary/aromatic N) is 1. The molecule has 1 amide bonds. The topological polar surface area (TPSA) is 66.5 Å². The van der Waals surface area contributed by atoms with Crippen LogP contribution in [-0.4, -0.2) is 21.4 Å². The molecule has 0 fully saturated rings. The monoisotopic (exact) mass is 436 g/mol. The standard InChI is InChI=1S/C25H28N2O3S/c1-5-24(21-12-11-18(2)19(3)17-21)26-25(28)20-13-15-22(16-14-20)27(4)31(29,30)23-9-7-6-8-10-23/h6-17,24H,5H2,1-4H3,(H,26,28). The van der Waals surface area contributed by atoms with Crippen LogP contribution in [0.25, 0.3) is 0 Å². The number of rotatable bonds is 7. The normalized spacial score (nSPS) is 12.3. The van der Waals surface area contributed by atoms with E-state index in [-0.39, 0.29) is 16.8 Å². The minimum absolute atomic E-state index is 0.0902. The van der Waals surface area contributed by atoms with Crippen molar-refractivity contribution in [2.24, 2.45) is 0 Å². The highest BCUT2D eigenvalue weighted by molar-refractivity contribution is 7.92. The average Bonchev–Trinajstić information content (AvgIpc) is 2.79. The van der Waals surface area contributed by atoms with Crippen LogP contribution in [0.5, 0.6) is 0 Å². The van der Waals surface area contributed by atoms with Gasteiger partial charge in [-0.15, -0.1) is 0 Å². The third-order valence-corrected chi connectivity index (χ3v) is 7.34. The van der Waals surface area contributed by atoms with E-state index in [2.05, 4.69) is 31.3 Å². The number of benzene rings is 3. The van der Waals surface area contributed by atoms with E-state index < -0.39 is 10.0 Å². The second-order valence-corrected chi connectivity index (χ2v) is 9.58. The SMILES string of the molecule is CCC(NC(=O)c1ccc(N(C)S(=O)(=O)c2ccccc2)cc1)c1ccc(C)c(C)c1. The summed E-state index contributed by atoms with van der Waals surface area (Å²) in [7, 11) is -2.15. The Morgan fingerprint density at radius 1 is 0.935 bits per heavy atom. The van der Waals surface area contributed by atoms with Crippen molar-refractivity contribution in [1.82, 2.24) is 5.32 Å². The van der Waals surface area contributed by atoms with Gasteiger partial charge in [0.2, 0.25) is 0 Å². The molecule has 1 atom stereocenters. The number of amides is 1. The highest BCUT2D eigenvalue weighted by atomic mass is 32.2. The summed E-state index contributed by atoms with van der Waals surface area (Å²) >= 11 is 0. The summed E-state index contributed by atoms with van der Waals surface area (Å²) in [5, 5.41) is 3.08. The molecule has 0 saturated heterocycles. The number of carbonyl (C=O) groups excluding carboxylic acids is 1. The third kappa shape index (κ3) is 4.97. The van der Waals surface area contributed by atoms with Crippen molar-refractivity contribution in [1.29, 1.82) is 0 Å². The van der Waals surface area contributed by atoms with Gasteiger partial charge in [0.1, 0.15) is 0 Å². The van der Waals surface area contributed by atoms with Gasteiger partial charge in [0.05, 0.1) is 16.6 Å². The summed E-state index contributed by atoms with van der Waals surface area (Å²) in [6.07, 6.45) is 0.768. The first-order valence-corrected chi connectivity index (χ1v) is 11.7. The van der Waals surface area contributed by atoms with Gasteiger partial charge in [0.25, 0.3) is 15.9 Å². The van der Waals surface area contributed by atoms with E-state index in [0.29, 0.717) is 11.3 Å². The Kier molecular flexibility index (Phi) is 6.81. The van der Waals surface area contributed by atoms with Crippen LogP contribution in [0.4, 0.5) is 5.69 Å². The predicted molar refractivity (Wildman–Crippen MR) is 125 cm³/mol. The van der Waals surface area contributed by atoms with E-state index in [9.17, 15) is 13.2 Å². The quantitative estimate of drug-likeness (QED) is 0.566. The number of sulfonamides is 1. The summed E-state index contributed by atoms with van der Waals surface area (Å²) in [6, 6.07) is 21.0. The van der Waals surface area contributed by atoms with Crippen molar-refractivity contribution in [2.75, 3.05) is 11.4 Å². The number of hydrogen-bond acceptors (Lipinski definition) is 3. The van der Waals surface area contributed by atoms with Crippen molar-refractivity contribution in [3.05, 3.63) is 95.1 Å². The zero-order valence-corrected chi connectivity index (χ0v) is 19.1. The maximum Gasteiger partial charge on any atom is 0.264 e. The predicted octanol–water partition coefficient (Wildman–Crippen LogP) is 5.01. The fourth-order valence-corrected chi connectivity index (χ4v) is 4.57. The second kappa shape index (κ2) is 9.35. The molecule has 1 N–H and O–H groups in total. The molecule has 0 heterocycles. The van der Waals surface area contributed by atoms with Crippen molar-refractivity contribution >= 4 is 21.6 Å². The lowest BCUT2D eigenvalue weighted by atomic mass is 9.99. The molecule has 3 aromatic rings. The number of anilines is 1. The molecule has 0 aliphatic rings. The van der Waals surface area contributed by atoms with Crippen LogP contribution < -0.4 is 9.62 Å². The van der Waals surface area contributed by atoms with E-state index in [1.807, 2.05) is 13.0 Å². The fraction of sp³-hybridized carbons (Fsp3) is 0.240. The van der Waals surface area contributed by atoms with Crippen LogP contribution >= 0.6 is 0 Å².